The van der Waals surface area contributed by atoms with Crippen molar-refractivity contribution in [2.45, 2.75) is 50.3 Å². The van der Waals surface area contributed by atoms with E-state index in [-0.39, 0.29) is 11.3 Å². The molecule has 0 aliphatic heterocycles. The van der Waals surface area contributed by atoms with Gasteiger partial charge in [-0.1, -0.05) is 13.3 Å². The number of nitrogens with zero attached hydrogens (tertiary/aromatic N) is 1. The molecular formula is C14H24N2O2S2. The van der Waals surface area contributed by atoms with Gasteiger partial charge in [0, 0.05) is 11.6 Å². The maximum atomic E-state index is 11.8. The van der Waals surface area contributed by atoms with Gasteiger partial charge in [0.25, 0.3) is 0 Å². The van der Waals surface area contributed by atoms with Crippen molar-refractivity contribution < 1.29 is 8.42 Å². The number of sulfone groups is 1. The minimum atomic E-state index is -2.93. The van der Waals surface area contributed by atoms with Crippen molar-refractivity contribution in [3.05, 3.63) is 16.6 Å². The van der Waals surface area contributed by atoms with Gasteiger partial charge in [0.15, 0.2) is 0 Å². The lowest BCUT2D eigenvalue weighted by Crippen LogP contribution is -2.36. The number of rotatable bonds is 6. The first-order valence-corrected chi connectivity index (χ1v) is 10.2. The summed E-state index contributed by atoms with van der Waals surface area (Å²) in [5.41, 5.74) is 2.93. The second kappa shape index (κ2) is 7.00. The van der Waals surface area contributed by atoms with Crippen molar-refractivity contribution in [3.8, 4) is 0 Å². The second-order valence-electron chi connectivity index (χ2n) is 5.72. The van der Waals surface area contributed by atoms with Gasteiger partial charge in [-0.3, -0.25) is 0 Å². The summed E-state index contributed by atoms with van der Waals surface area (Å²) in [6, 6.07) is 0.200. The largest absolute Gasteiger partial charge is 0.308 e. The number of nitrogens with one attached hydrogen (secondary N) is 1. The summed E-state index contributed by atoms with van der Waals surface area (Å²) < 4.78 is 23.6. The molecule has 1 aliphatic rings. The molecule has 1 saturated carbocycles. The van der Waals surface area contributed by atoms with Crippen LogP contribution in [0, 0.1) is 5.92 Å². The van der Waals surface area contributed by atoms with Gasteiger partial charge >= 0.3 is 0 Å². The van der Waals surface area contributed by atoms with Crippen molar-refractivity contribution in [2.24, 2.45) is 5.92 Å². The van der Waals surface area contributed by atoms with Crippen LogP contribution in [0.2, 0.25) is 0 Å². The van der Waals surface area contributed by atoms with E-state index in [0.717, 1.165) is 44.3 Å². The Balaban J connectivity index is 2.12. The molecular weight excluding hydrogens is 292 g/mol. The van der Waals surface area contributed by atoms with E-state index in [2.05, 4.69) is 22.6 Å². The highest BCUT2D eigenvalue weighted by Crippen LogP contribution is 2.36. The van der Waals surface area contributed by atoms with Crippen LogP contribution in [0.5, 0.6) is 0 Å². The number of hydrogen-bond donors (Lipinski definition) is 1. The normalized spacial score (nSPS) is 25.5. The summed E-state index contributed by atoms with van der Waals surface area (Å²) >= 11 is 1.60. The summed E-state index contributed by atoms with van der Waals surface area (Å²) in [4.78, 5) is 4.44. The third kappa shape index (κ3) is 4.02. The maximum Gasteiger partial charge on any atom is 0.150 e. The van der Waals surface area contributed by atoms with Crippen LogP contribution in [-0.2, 0) is 9.84 Å². The zero-order valence-electron chi connectivity index (χ0n) is 12.2. The predicted molar refractivity (Wildman–Crippen MR) is 83.7 cm³/mol. The Bertz CT molecular complexity index is 499. The van der Waals surface area contributed by atoms with E-state index in [4.69, 9.17) is 0 Å². The van der Waals surface area contributed by atoms with Gasteiger partial charge in [0.2, 0.25) is 0 Å². The van der Waals surface area contributed by atoms with Crippen LogP contribution in [0.3, 0.4) is 0 Å². The van der Waals surface area contributed by atoms with E-state index >= 15 is 0 Å². The van der Waals surface area contributed by atoms with Crippen LogP contribution < -0.4 is 5.32 Å². The maximum absolute atomic E-state index is 11.8. The lowest BCUT2D eigenvalue weighted by atomic mass is 9.82. The second-order valence-corrected chi connectivity index (χ2v) is 8.77. The first-order chi connectivity index (χ1) is 9.52. The number of hydrogen-bond acceptors (Lipinski definition) is 5. The molecule has 0 aromatic carbocycles. The van der Waals surface area contributed by atoms with Crippen molar-refractivity contribution in [3.63, 3.8) is 0 Å². The molecule has 3 atom stereocenters. The lowest BCUT2D eigenvalue weighted by Gasteiger charge is -2.33. The van der Waals surface area contributed by atoms with Crippen LogP contribution in [0.1, 0.15) is 50.8 Å². The van der Waals surface area contributed by atoms with Crippen molar-refractivity contribution >= 4 is 21.2 Å². The van der Waals surface area contributed by atoms with Gasteiger partial charge in [-0.2, -0.15) is 0 Å². The SMILES string of the molecule is CCCNC(c1cscn1)C1CCCC(S(C)(=O)=O)C1. The number of aromatic nitrogens is 1. The fourth-order valence-corrected chi connectivity index (χ4v) is 4.84. The molecule has 114 valence electrons. The fourth-order valence-electron chi connectivity index (χ4n) is 3.06. The Morgan fingerprint density at radius 3 is 2.90 bits per heavy atom. The Morgan fingerprint density at radius 1 is 1.50 bits per heavy atom. The molecule has 1 aromatic rings. The van der Waals surface area contributed by atoms with Gasteiger partial charge in [0.1, 0.15) is 9.84 Å². The highest BCUT2D eigenvalue weighted by atomic mass is 32.2. The fraction of sp³-hybridized carbons (Fsp3) is 0.786. The predicted octanol–water partition coefficient (Wildman–Crippen LogP) is 2.79. The molecule has 1 aliphatic carbocycles. The Morgan fingerprint density at radius 2 is 2.30 bits per heavy atom. The standard InChI is InChI=1S/C14H24N2O2S2/c1-3-7-15-14(13-9-19-10-16-13)11-5-4-6-12(8-11)20(2,17)18/h9-12,14-15H,3-8H2,1-2H3. The summed E-state index contributed by atoms with van der Waals surface area (Å²) in [5.74, 6) is 0.372. The first-order valence-electron chi connectivity index (χ1n) is 7.32. The van der Waals surface area contributed by atoms with Crippen LogP contribution in [0.25, 0.3) is 0 Å². The first kappa shape index (κ1) is 15.9. The molecule has 1 fully saturated rings. The molecule has 1 N–H and O–H groups in total. The average Bonchev–Trinajstić information content (AvgIpc) is 2.92. The zero-order chi connectivity index (χ0) is 14.6. The Hall–Kier alpha value is -0.460. The van der Waals surface area contributed by atoms with E-state index in [1.807, 2.05) is 5.51 Å². The quantitative estimate of drug-likeness (QED) is 0.877. The van der Waals surface area contributed by atoms with E-state index in [1.54, 1.807) is 11.3 Å². The smallest absolute Gasteiger partial charge is 0.150 e. The molecule has 20 heavy (non-hydrogen) atoms. The van der Waals surface area contributed by atoms with Gasteiger partial charge in [-0.25, -0.2) is 13.4 Å². The zero-order valence-corrected chi connectivity index (χ0v) is 13.8. The van der Waals surface area contributed by atoms with Gasteiger partial charge < -0.3 is 5.32 Å². The van der Waals surface area contributed by atoms with E-state index < -0.39 is 9.84 Å². The van der Waals surface area contributed by atoms with Crippen molar-refractivity contribution in [1.82, 2.24) is 10.3 Å². The van der Waals surface area contributed by atoms with Crippen LogP contribution in [-0.4, -0.2) is 31.5 Å². The molecule has 6 heteroatoms. The molecule has 0 amide bonds. The molecule has 1 heterocycles. The summed E-state index contributed by atoms with van der Waals surface area (Å²) in [6.07, 6.45) is 6.10. The highest BCUT2D eigenvalue weighted by molar-refractivity contribution is 7.91. The van der Waals surface area contributed by atoms with Crippen LogP contribution in [0.4, 0.5) is 0 Å². The third-order valence-corrected chi connectivity index (χ3v) is 6.37. The molecule has 0 saturated heterocycles. The van der Waals surface area contributed by atoms with Crippen molar-refractivity contribution in [2.75, 3.05) is 12.8 Å². The van der Waals surface area contributed by atoms with Gasteiger partial charge in [-0.05, 0) is 38.1 Å². The topological polar surface area (TPSA) is 59.1 Å². The summed E-state index contributed by atoms with van der Waals surface area (Å²) in [7, 11) is -2.93. The summed E-state index contributed by atoms with van der Waals surface area (Å²) in [5, 5.41) is 5.47. The van der Waals surface area contributed by atoms with Gasteiger partial charge in [0.05, 0.1) is 22.5 Å². The van der Waals surface area contributed by atoms with Crippen LogP contribution >= 0.6 is 11.3 Å². The van der Waals surface area contributed by atoms with Gasteiger partial charge in [-0.15, -0.1) is 11.3 Å². The van der Waals surface area contributed by atoms with Crippen molar-refractivity contribution in [1.29, 1.82) is 0 Å². The van der Waals surface area contributed by atoms with Crippen LogP contribution in [0.15, 0.2) is 10.9 Å². The van der Waals surface area contributed by atoms with E-state index in [9.17, 15) is 8.42 Å². The third-order valence-electron chi connectivity index (χ3n) is 4.13. The average molecular weight is 316 g/mol. The number of thiazole rings is 1. The molecule has 0 bridgehead atoms. The Labute approximate surface area is 125 Å². The molecule has 3 unspecified atom stereocenters. The minimum absolute atomic E-state index is 0.175. The molecule has 0 spiro atoms. The lowest BCUT2D eigenvalue weighted by molar-refractivity contribution is 0.270. The minimum Gasteiger partial charge on any atom is -0.308 e. The monoisotopic (exact) mass is 316 g/mol. The van der Waals surface area contributed by atoms with E-state index in [1.165, 1.54) is 6.26 Å². The van der Waals surface area contributed by atoms with E-state index in [0.29, 0.717) is 5.92 Å². The Kier molecular flexibility index (Phi) is 5.57. The molecule has 2 rings (SSSR count). The molecule has 4 nitrogen and oxygen atoms in total. The summed E-state index contributed by atoms with van der Waals surface area (Å²) in [6.45, 7) is 3.09. The highest BCUT2D eigenvalue weighted by Gasteiger charge is 2.34. The molecule has 1 aromatic heterocycles. The molecule has 0 radical (unpaired) electrons.